The maximum absolute atomic E-state index is 13.9. The van der Waals surface area contributed by atoms with Gasteiger partial charge in [-0.1, -0.05) is 35.5 Å². The number of hydrogen-bond donors (Lipinski definition) is 1. The molecular weight excluding hydrogens is 485 g/mol. The Morgan fingerprint density at radius 1 is 1.17 bits per heavy atom. The lowest BCUT2D eigenvalue weighted by Gasteiger charge is -2.29. The Morgan fingerprint density at radius 3 is 2.72 bits per heavy atom. The van der Waals surface area contributed by atoms with Crippen molar-refractivity contribution < 1.29 is 26.9 Å². The fraction of sp³-hybridized carbons (Fsp3) is 0.385. The van der Waals surface area contributed by atoms with Crippen LogP contribution in [-0.2, 0) is 27.8 Å². The summed E-state index contributed by atoms with van der Waals surface area (Å²) in [6.45, 7) is 3.85. The van der Waals surface area contributed by atoms with Crippen LogP contribution >= 0.6 is 0 Å². The van der Waals surface area contributed by atoms with E-state index in [-0.39, 0.29) is 41.2 Å². The van der Waals surface area contributed by atoms with Gasteiger partial charge in [0.15, 0.2) is 5.76 Å². The van der Waals surface area contributed by atoms with E-state index in [1.54, 1.807) is 56.3 Å². The van der Waals surface area contributed by atoms with E-state index in [0.717, 1.165) is 12.8 Å². The van der Waals surface area contributed by atoms with Gasteiger partial charge in [-0.15, -0.1) is 0 Å². The number of aromatic nitrogens is 1. The molecule has 1 amide bonds. The summed E-state index contributed by atoms with van der Waals surface area (Å²) in [6, 6.07) is 12.7. The number of halogens is 1. The highest BCUT2D eigenvalue weighted by molar-refractivity contribution is 7.89. The van der Waals surface area contributed by atoms with E-state index in [2.05, 4.69) is 10.5 Å². The zero-order valence-electron chi connectivity index (χ0n) is 20.4. The van der Waals surface area contributed by atoms with Crippen LogP contribution in [0, 0.1) is 19.7 Å². The number of ether oxygens (including phenoxy) is 1. The largest absolute Gasteiger partial charge is 0.493 e. The fourth-order valence-corrected chi connectivity index (χ4v) is 6.32. The predicted molar refractivity (Wildman–Crippen MR) is 131 cm³/mol. The number of rotatable bonds is 9. The van der Waals surface area contributed by atoms with E-state index in [1.807, 2.05) is 0 Å². The van der Waals surface area contributed by atoms with Gasteiger partial charge in [-0.05, 0) is 62.4 Å². The Hall–Kier alpha value is -3.24. The summed E-state index contributed by atoms with van der Waals surface area (Å²) in [6.07, 6.45) is 2.31. The molecular formula is C26H30FN3O5S. The first kappa shape index (κ1) is 25.8. The average molecular weight is 516 g/mol. The molecule has 1 N–H and O–H groups in total. The van der Waals surface area contributed by atoms with Crippen molar-refractivity contribution in [2.75, 3.05) is 13.2 Å². The van der Waals surface area contributed by atoms with Crippen LogP contribution in [0.5, 0.6) is 5.75 Å². The van der Waals surface area contributed by atoms with Crippen LogP contribution in [0.2, 0.25) is 0 Å². The molecule has 0 spiro atoms. The number of benzene rings is 2. The van der Waals surface area contributed by atoms with Crippen LogP contribution in [0.15, 0.2) is 57.9 Å². The molecule has 3 aromatic rings. The number of nitrogens with zero attached hydrogens (tertiary/aromatic N) is 2. The molecule has 0 bridgehead atoms. The van der Waals surface area contributed by atoms with Gasteiger partial charge < -0.3 is 14.6 Å². The first-order valence-corrected chi connectivity index (χ1v) is 13.4. The van der Waals surface area contributed by atoms with Gasteiger partial charge in [-0.2, -0.15) is 4.31 Å². The molecule has 0 aliphatic carbocycles. The molecule has 2 aromatic carbocycles. The maximum Gasteiger partial charge on any atom is 0.249 e. The van der Waals surface area contributed by atoms with Crippen LogP contribution in [0.1, 0.15) is 41.8 Å². The second kappa shape index (κ2) is 11.2. The van der Waals surface area contributed by atoms with Crippen molar-refractivity contribution in [3.8, 4) is 5.75 Å². The molecule has 36 heavy (non-hydrogen) atoms. The highest BCUT2D eigenvalue weighted by atomic mass is 32.2. The molecule has 0 unspecified atom stereocenters. The summed E-state index contributed by atoms with van der Waals surface area (Å²) in [5, 5.41) is 6.63. The Bertz CT molecular complexity index is 1310. The molecule has 1 aliphatic heterocycles. The minimum Gasteiger partial charge on any atom is -0.493 e. The molecule has 0 radical (unpaired) electrons. The average Bonchev–Trinajstić information content (AvgIpc) is 3.05. The smallest absolute Gasteiger partial charge is 0.249 e. The van der Waals surface area contributed by atoms with Gasteiger partial charge in [0, 0.05) is 19.5 Å². The van der Waals surface area contributed by atoms with Crippen molar-refractivity contribution >= 4 is 15.9 Å². The summed E-state index contributed by atoms with van der Waals surface area (Å²) in [4.78, 5) is 12.9. The van der Waals surface area contributed by atoms with Gasteiger partial charge in [0.25, 0.3) is 0 Å². The summed E-state index contributed by atoms with van der Waals surface area (Å²) >= 11 is 0. The van der Waals surface area contributed by atoms with Gasteiger partial charge in [0.2, 0.25) is 15.9 Å². The summed E-state index contributed by atoms with van der Waals surface area (Å²) in [5.41, 5.74) is 1.47. The second-order valence-electron chi connectivity index (χ2n) is 8.84. The van der Waals surface area contributed by atoms with Gasteiger partial charge in [0.1, 0.15) is 28.2 Å². The van der Waals surface area contributed by atoms with Crippen molar-refractivity contribution in [1.29, 1.82) is 0 Å². The van der Waals surface area contributed by atoms with Crippen LogP contribution < -0.4 is 10.1 Å². The van der Waals surface area contributed by atoms with Crippen LogP contribution in [0.25, 0.3) is 0 Å². The third-order valence-electron chi connectivity index (χ3n) is 6.22. The summed E-state index contributed by atoms with van der Waals surface area (Å²) in [7, 11) is -4.10. The number of carbonyl (C=O) groups is 1. The molecule has 1 fully saturated rings. The Labute approximate surface area is 210 Å². The lowest BCUT2D eigenvalue weighted by Crippen LogP contribution is -2.48. The molecule has 1 saturated heterocycles. The molecule has 192 valence electrons. The molecule has 1 atom stereocenters. The Balaban J connectivity index is 1.58. The summed E-state index contributed by atoms with van der Waals surface area (Å²) in [5.74, 6) is 0.109. The van der Waals surface area contributed by atoms with E-state index in [4.69, 9.17) is 9.26 Å². The molecule has 8 nitrogen and oxygen atoms in total. The zero-order valence-corrected chi connectivity index (χ0v) is 21.2. The lowest BCUT2D eigenvalue weighted by molar-refractivity contribution is -0.124. The number of hydrogen-bond acceptors (Lipinski definition) is 6. The lowest BCUT2D eigenvalue weighted by atomic mass is 10.1. The molecule has 2 heterocycles. The zero-order chi connectivity index (χ0) is 25.7. The van der Waals surface area contributed by atoms with Crippen molar-refractivity contribution in [2.24, 2.45) is 0 Å². The minimum absolute atomic E-state index is 0.0168. The van der Waals surface area contributed by atoms with Crippen molar-refractivity contribution in [3.63, 3.8) is 0 Å². The standard InChI is InChI=1S/C26H30FN3O5S/c1-18-25(19(2)35-29-18)36(32,33)30(24-12-5-6-14-28-26(24)31)17-20-8-7-10-22(16-20)34-15-13-21-9-3-4-11-23(21)27/h3-4,7-11,16,24H,5-6,12-15,17H2,1-2H3,(H,28,31)/t24-/m0/s1. The second-order valence-corrected chi connectivity index (χ2v) is 10.7. The number of amides is 1. The van der Waals surface area contributed by atoms with E-state index in [1.165, 1.54) is 10.4 Å². The predicted octanol–water partition coefficient (Wildman–Crippen LogP) is 3.91. The van der Waals surface area contributed by atoms with Crippen LogP contribution in [0.3, 0.4) is 0 Å². The highest BCUT2D eigenvalue weighted by Crippen LogP contribution is 2.29. The van der Waals surface area contributed by atoms with Gasteiger partial charge >= 0.3 is 0 Å². The van der Waals surface area contributed by atoms with E-state index in [9.17, 15) is 17.6 Å². The Kier molecular flexibility index (Phi) is 8.05. The minimum atomic E-state index is -4.10. The van der Waals surface area contributed by atoms with Crippen LogP contribution in [-0.4, -0.2) is 43.0 Å². The van der Waals surface area contributed by atoms with E-state index < -0.39 is 16.1 Å². The van der Waals surface area contributed by atoms with Gasteiger partial charge in [0.05, 0.1) is 6.61 Å². The first-order chi connectivity index (χ1) is 17.3. The fourth-order valence-electron chi connectivity index (χ4n) is 4.41. The monoisotopic (exact) mass is 515 g/mol. The number of carbonyl (C=O) groups excluding carboxylic acids is 1. The Morgan fingerprint density at radius 2 is 1.97 bits per heavy atom. The third-order valence-corrected chi connectivity index (χ3v) is 8.32. The first-order valence-electron chi connectivity index (χ1n) is 11.9. The third kappa shape index (κ3) is 5.76. The number of nitrogens with one attached hydrogen (secondary N) is 1. The molecule has 4 rings (SSSR count). The van der Waals surface area contributed by atoms with Crippen LogP contribution in [0.4, 0.5) is 4.39 Å². The van der Waals surface area contributed by atoms with E-state index >= 15 is 0 Å². The van der Waals surface area contributed by atoms with Crippen molar-refractivity contribution in [3.05, 3.63) is 76.9 Å². The quantitative estimate of drug-likeness (QED) is 0.464. The molecule has 0 saturated carbocycles. The van der Waals surface area contributed by atoms with Crippen molar-refractivity contribution in [2.45, 2.75) is 57.0 Å². The topological polar surface area (TPSA) is 102 Å². The molecule has 10 heteroatoms. The SMILES string of the molecule is Cc1noc(C)c1S(=O)(=O)N(Cc1cccc(OCCc2ccccc2F)c1)[C@H]1CCCCNC1=O. The van der Waals surface area contributed by atoms with Gasteiger partial charge in [-0.3, -0.25) is 4.79 Å². The number of sulfonamides is 1. The van der Waals surface area contributed by atoms with E-state index in [0.29, 0.717) is 36.3 Å². The van der Waals surface area contributed by atoms with Crippen molar-refractivity contribution in [1.82, 2.24) is 14.8 Å². The molecule has 1 aliphatic rings. The molecule has 1 aromatic heterocycles. The maximum atomic E-state index is 13.9. The van der Waals surface area contributed by atoms with Gasteiger partial charge in [-0.25, -0.2) is 12.8 Å². The summed E-state index contributed by atoms with van der Waals surface area (Å²) < 4.78 is 53.7. The number of aryl methyl sites for hydroxylation is 2. The highest BCUT2D eigenvalue weighted by Gasteiger charge is 2.39. The normalized spacial score (nSPS) is 16.6.